The summed E-state index contributed by atoms with van der Waals surface area (Å²) in [5.41, 5.74) is 2.22. The molecule has 0 spiro atoms. The molecule has 1 heterocycles. The number of carbonyl (C=O) groups excluding carboxylic acids is 1. The first-order valence-electron chi connectivity index (χ1n) is 6.39. The van der Waals surface area contributed by atoms with E-state index in [-0.39, 0.29) is 5.91 Å². The smallest absolute Gasteiger partial charge is 0.258 e. The largest absolute Gasteiger partial charge is 0.322 e. The van der Waals surface area contributed by atoms with Crippen LogP contribution in [0.3, 0.4) is 0 Å². The Morgan fingerprint density at radius 3 is 2.67 bits per heavy atom. The fourth-order valence-electron chi connectivity index (χ4n) is 1.93. The summed E-state index contributed by atoms with van der Waals surface area (Å²) in [6.07, 6.45) is 3.29. The summed E-state index contributed by atoms with van der Waals surface area (Å²) in [5.74, 6) is -0.167. The van der Waals surface area contributed by atoms with E-state index in [0.717, 1.165) is 14.9 Å². The number of nitrogens with one attached hydrogen (secondary N) is 1. The Balaban J connectivity index is 1.78. The van der Waals surface area contributed by atoms with Crippen molar-refractivity contribution in [2.75, 3.05) is 5.32 Å². The van der Waals surface area contributed by atoms with E-state index < -0.39 is 0 Å². The van der Waals surface area contributed by atoms with Gasteiger partial charge in [0.1, 0.15) is 0 Å². The lowest BCUT2D eigenvalue weighted by Gasteiger charge is -2.03. The predicted octanol–water partition coefficient (Wildman–Crippen LogP) is 3.73. The van der Waals surface area contributed by atoms with Crippen molar-refractivity contribution in [1.29, 1.82) is 0 Å². The van der Waals surface area contributed by atoms with Gasteiger partial charge in [0.15, 0.2) is 0 Å². The van der Waals surface area contributed by atoms with E-state index in [1.54, 1.807) is 17.1 Å². The molecule has 3 aromatic rings. The van der Waals surface area contributed by atoms with Crippen LogP contribution in [0.5, 0.6) is 0 Å². The molecule has 1 amide bonds. The quantitative estimate of drug-likeness (QED) is 0.694. The monoisotopic (exact) mass is 389 g/mol. The molecule has 21 heavy (non-hydrogen) atoms. The second-order valence-corrected chi connectivity index (χ2v) is 5.72. The van der Waals surface area contributed by atoms with Gasteiger partial charge in [-0.05, 0) is 52.9 Å². The van der Waals surface area contributed by atoms with Gasteiger partial charge in [-0.3, -0.25) is 4.79 Å². The van der Waals surface area contributed by atoms with Gasteiger partial charge < -0.3 is 5.32 Å². The van der Waals surface area contributed by atoms with Crippen molar-refractivity contribution >= 4 is 34.2 Å². The number of nitrogens with zero attached hydrogens (tertiary/aromatic N) is 2. The van der Waals surface area contributed by atoms with Crippen LogP contribution in [-0.2, 0) is 0 Å². The van der Waals surface area contributed by atoms with Crippen molar-refractivity contribution in [2.24, 2.45) is 0 Å². The minimum absolute atomic E-state index is 0.167. The van der Waals surface area contributed by atoms with E-state index >= 15 is 0 Å². The molecule has 3 rings (SSSR count). The molecule has 5 heteroatoms. The maximum atomic E-state index is 12.2. The third kappa shape index (κ3) is 3.30. The van der Waals surface area contributed by atoms with Crippen molar-refractivity contribution in [2.45, 2.75) is 0 Å². The maximum absolute atomic E-state index is 12.2. The molecule has 0 saturated carbocycles. The van der Waals surface area contributed by atoms with Gasteiger partial charge in [0, 0.05) is 15.5 Å². The zero-order valence-electron chi connectivity index (χ0n) is 11.0. The minimum Gasteiger partial charge on any atom is -0.322 e. The van der Waals surface area contributed by atoms with Gasteiger partial charge in [-0.15, -0.1) is 0 Å². The number of aromatic nitrogens is 2. The van der Waals surface area contributed by atoms with Gasteiger partial charge in [-0.1, -0.05) is 24.3 Å². The number of anilines is 1. The summed E-state index contributed by atoms with van der Waals surface area (Å²) in [7, 11) is 0. The highest BCUT2D eigenvalue weighted by molar-refractivity contribution is 14.1. The van der Waals surface area contributed by atoms with Crippen LogP contribution in [0.1, 0.15) is 10.4 Å². The summed E-state index contributed by atoms with van der Waals surface area (Å²) in [4.78, 5) is 12.2. The molecule has 0 radical (unpaired) electrons. The molecule has 0 bridgehead atoms. The lowest BCUT2D eigenvalue weighted by atomic mass is 10.3. The average molecular weight is 389 g/mol. The molecule has 0 aliphatic heterocycles. The number of para-hydroxylation sites is 1. The number of carbonyl (C=O) groups is 1. The Hall–Kier alpha value is -2.15. The summed E-state index contributed by atoms with van der Waals surface area (Å²) < 4.78 is 2.76. The summed E-state index contributed by atoms with van der Waals surface area (Å²) >= 11 is 2.21. The number of halogens is 1. The van der Waals surface area contributed by atoms with Crippen molar-refractivity contribution < 1.29 is 4.79 Å². The summed E-state index contributed by atoms with van der Waals surface area (Å²) in [5, 5.41) is 7.09. The molecular weight excluding hydrogens is 377 g/mol. The Morgan fingerprint density at radius 1 is 1.10 bits per heavy atom. The number of amides is 1. The fourth-order valence-corrected chi connectivity index (χ4v) is 2.47. The maximum Gasteiger partial charge on any atom is 0.258 e. The van der Waals surface area contributed by atoms with Crippen molar-refractivity contribution in [1.82, 2.24) is 9.78 Å². The van der Waals surface area contributed by atoms with E-state index in [9.17, 15) is 4.79 Å². The predicted molar refractivity (Wildman–Crippen MR) is 90.7 cm³/mol. The summed E-state index contributed by atoms with van der Waals surface area (Å²) in [6, 6.07) is 17.3. The highest BCUT2D eigenvalue weighted by Gasteiger charge is 2.09. The molecule has 2 aromatic carbocycles. The molecule has 4 nitrogen and oxygen atoms in total. The second-order valence-electron chi connectivity index (χ2n) is 4.47. The number of hydrogen-bond acceptors (Lipinski definition) is 2. The van der Waals surface area contributed by atoms with Crippen molar-refractivity contribution in [3.63, 3.8) is 0 Å². The standard InChI is InChI=1S/C16H12IN3O/c17-13-5-4-6-14(9-13)19-16(21)12-10-18-20(11-12)15-7-2-1-3-8-15/h1-11H,(H,19,21). The van der Waals surface area contributed by atoms with Gasteiger partial charge in [0.25, 0.3) is 5.91 Å². The number of benzene rings is 2. The molecule has 0 unspecified atom stereocenters. The van der Waals surface area contributed by atoms with Crippen molar-refractivity contribution in [3.8, 4) is 5.69 Å². The topological polar surface area (TPSA) is 46.9 Å². The van der Waals surface area contributed by atoms with Crippen LogP contribution in [0.2, 0.25) is 0 Å². The molecule has 1 N–H and O–H groups in total. The van der Waals surface area contributed by atoms with Gasteiger partial charge in [0.2, 0.25) is 0 Å². The first kappa shape index (κ1) is 13.8. The Kier molecular flexibility index (Phi) is 4.01. The van der Waals surface area contributed by atoms with Crippen LogP contribution in [0.15, 0.2) is 67.0 Å². The van der Waals surface area contributed by atoms with Crippen LogP contribution < -0.4 is 5.32 Å². The van der Waals surface area contributed by atoms with Gasteiger partial charge in [-0.2, -0.15) is 5.10 Å². The van der Waals surface area contributed by atoms with Crippen LogP contribution in [0.25, 0.3) is 5.69 Å². The molecular formula is C16H12IN3O. The SMILES string of the molecule is O=C(Nc1cccc(I)c1)c1cnn(-c2ccccc2)c1. The van der Waals surface area contributed by atoms with Gasteiger partial charge >= 0.3 is 0 Å². The Bertz CT molecular complexity index is 768. The minimum atomic E-state index is -0.167. The highest BCUT2D eigenvalue weighted by atomic mass is 127. The molecule has 1 aromatic heterocycles. The van der Waals surface area contributed by atoms with E-state index in [0.29, 0.717) is 5.56 Å². The van der Waals surface area contributed by atoms with Gasteiger partial charge in [0.05, 0.1) is 17.4 Å². The molecule has 0 atom stereocenters. The first-order chi connectivity index (χ1) is 10.2. The lowest BCUT2D eigenvalue weighted by molar-refractivity contribution is 0.102. The van der Waals surface area contributed by atoms with E-state index in [1.165, 1.54) is 0 Å². The van der Waals surface area contributed by atoms with Gasteiger partial charge in [-0.25, -0.2) is 4.68 Å². The second kappa shape index (κ2) is 6.09. The molecule has 0 saturated heterocycles. The first-order valence-corrected chi connectivity index (χ1v) is 7.47. The van der Waals surface area contributed by atoms with Crippen LogP contribution in [0, 0.1) is 3.57 Å². The van der Waals surface area contributed by atoms with E-state index in [2.05, 4.69) is 33.0 Å². The number of hydrogen-bond donors (Lipinski definition) is 1. The molecule has 0 aliphatic carbocycles. The third-order valence-electron chi connectivity index (χ3n) is 2.95. The zero-order valence-corrected chi connectivity index (χ0v) is 13.2. The molecule has 0 aliphatic rings. The zero-order chi connectivity index (χ0) is 14.7. The third-order valence-corrected chi connectivity index (χ3v) is 3.62. The molecule has 0 fully saturated rings. The summed E-state index contributed by atoms with van der Waals surface area (Å²) in [6.45, 7) is 0. The van der Waals surface area contributed by atoms with Crippen molar-refractivity contribution in [3.05, 3.63) is 76.1 Å². The average Bonchev–Trinajstić information content (AvgIpc) is 2.98. The van der Waals surface area contributed by atoms with Crippen LogP contribution in [0.4, 0.5) is 5.69 Å². The lowest BCUT2D eigenvalue weighted by Crippen LogP contribution is -2.11. The van der Waals surface area contributed by atoms with Crippen LogP contribution >= 0.6 is 22.6 Å². The van der Waals surface area contributed by atoms with Crippen LogP contribution in [-0.4, -0.2) is 15.7 Å². The Morgan fingerprint density at radius 2 is 1.90 bits per heavy atom. The normalized spacial score (nSPS) is 10.3. The molecule has 104 valence electrons. The fraction of sp³-hybridized carbons (Fsp3) is 0. The number of rotatable bonds is 3. The Labute approximate surface area is 135 Å². The highest BCUT2D eigenvalue weighted by Crippen LogP contribution is 2.14. The van der Waals surface area contributed by atoms with E-state index in [1.807, 2.05) is 54.6 Å². The van der Waals surface area contributed by atoms with E-state index in [4.69, 9.17) is 0 Å².